The molecule has 1 heterocycles. The molecule has 0 spiro atoms. The van der Waals surface area contributed by atoms with Crippen molar-refractivity contribution in [2.24, 2.45) is 0 Å². The second-order valence-electron chi connectivity index (χ2n) is 29.2. The average molecular weight is 1850 g/mol. The molecule has 1 nitrogen and oxygen atoms in total. The lowest BCUT2D eigenvalue weighted by atomic mass is 9.92. The van der Waals surface area contributed by atoms with Crippen molar-refractivity contribution < 1.29 is 0 Å². The zero-order valence-corrected chi connectivity index (χ0v) is 92.7. The number of aryl methyl sites for hydroxylation is 7. The van der Waals surface area contributed by atoms with E-state index in [0.717, 1.165) is 5.69 Å². The SMILES string of the molecule is CC.CC.CC.CC.CC.CC.CC.CC.CC.CC.CC.CC.CC.CC.CC.Cc1cc2ccc3cccc4ccc(c1)c2c34.Cc1cc2ccccc2c2ccccc12.Cc1ccc2c3ccccc3c3ccccc3c2c1.Cc1ccc2ccc3cccc4ccc1c2c34.Cc1cccc2c3ccccc3c3ccccc3c12.Cc1cccc2ccc3ccccc3c12.Cc1ccccn1. The van der Waals surface area contributed by atoms with Crippen LogP contribution in [0.4, 0.5) is 0 Å². The van der Waals surface area contributed by atoms with Crippen LogP contribution in [0.15, 0.2) is 376 Å². The third kappa shape index (κ3) is 30.8. The fourth-order valence-electron chi connectivity index (χ4n) is 16.9. The van der Waals surface area contributed by atoms with Crippen molar-refractivity contribution >= 4 is 172 Å². The molecule has 23 rings (SSSR count). The smallest absolute Gasteiger partial charge is 0.0372 e. The van der Waals surface area contributed by atoms with E-state index in [2.05, 4.69) is 398 Å². The maximum atomic E-state index is 3.98. The van der Waals surface area contributed by atoms with Crippen LogP contribution in [-0.4, -0.2) is 4.98 Å². The van der Waals surface area contributed by atoms with Gasteiger partial charge in [-0.15, -0.1) is 0 Å². The molecule has 730 valence electrons. The Bertz CT molecular complexity index is 7080. The van der Waals surface area contributed by atoms with Gasteiger partial charge in [-0.3, -0.25) is 4.98 Å². The quantitative estimate of drug-likeness (QED) is 0.138. The highest BCUT2D eigenvalue weighted by atomic mass is 14.6. The Morgan fingerprint density at radius 3 is 0.806 bits per heavy atom. The van der Waals surface area contributed by atoms with Gasteiger partial charge in [0.1, 0.15) is 0 Å². The van der Waals surface area contributed by atoms with Crippen molar-refractivity contribution in [3.63, 3.8) is 0 Å². The Balaban J connectivity index is 0.000000528. The second kappa shape index (κ2) is 68.6. The Morgan fingerprint density at radius 1 is 0.122 bits per heavy atom. The van der Waals surface area contributed by atoms with E-state index in [1.807, 2.05) is 233 Å². The first kappa shape index (κ1) is 122. The molecule has 0 fully saturated rings. The van der Waals surface area contributed by atoms with Gasteiger partial charge < -0.3 is 0 Å². The highest BCUT2D eigenvalue weighted by molar-refractivity contribution is 6.28. The van der Waals surface area contributed by atoms with E-state index in [4.69, 9.17) is 0 Å². The molecule has 139 heavy (non-hydrogen) atoms. The number of hydrogen-bond acceptors (Lipinski definition) is 1. The Morgan fingerprint density at radius 2 is 0.388 bits per heavy atom. The number of aromatic nitrogens is 1. The lowest BCUT2D eigenvalue weighted by molar-refractivity contribution is 1.20. The molecular formula is C138H173N. The van der Waals surface area contributed by atoms with E-state index in [1.54, 1.807) is 6.20 Å². The number of rotatable bonds is 0. The van der Waals surface area contributed by atoms with E-state index in [-0.39, 0.29) is 0 Å². The number of nitrogens with zero attached hydrogens (tertiary/aromatic N) is 1. The van der Waals surface area contributed by atoms with E-state index >= 15 is 0 Å². The van der Waals surface area contributed by atoms with Crippen LogP contribution in [0.3, 0.4) is 0 Å². The first-order valence-corrected chi connectivity index (χ1v) is 53.0. The Hall–Kier alpha value is -13.3. The van der Waals surface area contributed by atoms with Gasteiger partial charge in [0.05, 0.1) is 0 Å². The number of fused-ring (bicyclic) bond motifs is 18. The lowest BCUT2D eigenvalue weighted by Gasteiger charge is -2.11. The predicted octanol–water partition coefficient (Wildman–Crippen LogP) is 46.1. The molecule has 0 unspecified atom stereocenters. The van der Waals surface area contributed by atoms with Crippen molar-refractivity contribution in [2.45, 2.75) is 256 Å². The summed E-state index contributed by atoms with van der Waals surface area (Å²) in [6.07, 6.45) is 1.79. The first-order chi connectivity index (χ1) is 68.5. The predicted molar refractivity (Wildman–Crippen MR) is 649 cm³/mol. The zero-order chi connectivity index (χ0) is 104. The minimum absolute atomic E-state index is 1.07. The molecule has 0 saturated heterocycles. The number of hydrogen-bond donors (Lipinski definition) is 0. The fraction of sp³-hybridized carbons (Fsp3) is 0.268. The summed E-state index contributed by atoms with van der Waals surface area (Å²) >= 11 is 0. The van der Waals surface area contributed by atoms with Crippen molar-refractivity contribution in [2.75, 3.05) is 0 Å². The second-order valence-corrected chi connectivity index (χ2v) is 29.2. The molecule has 0 aliphatic rings. The topological polar surface area (TPSA) is 12.9 Å². The van der Waals surface area contributed by atoms with Gasteiger partial charge in [-0.05, 0) is 261 Å². The molecule has 0 saturated carbocycles. The Labute approximate surface area is 842 Å². The van der Waals surface area contributed by atoms with E-state index in [1.165, 1.54) is 206 Å². The van der Waals surface area contributed by atoms with Crippen LogP contribution < -0.4 is 0 Å². The van der Waals surface area contributed by atoms with Gasteiger partial charge in [0.15, 0.2) is 0 Å². The van der Waals surface area contributed by atoms with Crippen molar-refractivity contribution in [3.05, 3.63) is 415 Å². The lowest BCUT2D eigenvalue weighted by Crippen LogP contribution is -1.85. The maximum absolute atomic E-state index is 3.98. The average Bonchev–Trinajstić information content (AvgIpc) is 1.58. The summed E-state index contributed by atoms with van der Waals surface area (Å²) in [6, 6.07) is 133. The van der Waals surface area contributed by atoms with Gasteiger partial charge >= 0.3 is 0 Å². The molecule has 1 aromatic heterocycles. The van der Waals surface area contributed by atoms with Crippen LogP contribution in [0, 0.1) is 48.5 Å². The minimum atomic E-state index is 1.07. The van der Waals surface area contributed by atoms with Gasteiger partial charge in [0.2, 0.25) is 0 Å². The monoisotopic (exact) mass is 1840 g/mol. The van der Waals surface area contributed by atoms with Gasteiger partial charge in [-0.1, -0.05) is 571 Å². The molecule has 23 aromatic rings. The molecular weight excluding hydrogens is 1670 g/mol. The standard InChI is InChI=1S/2C19H14.2C17H12.2C15H12.C6H7N.15C2H6/c1-13-7-6-12-18-16-9-3-2-8-14(16)15-10-4-5-11-17(15)19(13)18;1-13-10-11-18-16-8-3-2-6-14(16)15-7-4-5-9-17(15)19(18)12-13;1-11-9-14-7-5-12-3-2-4-13-6-8-15(10-11)17(14)16(12)13;1-11-5-6-14-8-7-12-3-2-4-13-9-10-15(11)17(14)16(12)13;1-11-5-4-7-13-10-9-12-6-2-3-8-14(12)15(11)13;1-11-10-12-6-2-3-8-14(12)15-9-5-4-7-13(11)15;1-6-4-2-3-5-7-6;15*1-2/h2*2-12H,1H3;2*2-10H,1H3;2*2-10H,1H3;2-5H,1H3;15*1-2H3. The highest BCUT2D eigenvalue weighted by Gasteiger charge is 2.14. The van der Waals surface area contributed by atoms with E-state index in [0.29, 0.717) is 0 Å². The van der Waals surface area contributed by atoms with Crippen LogP contribution in [0.1, 0.15) is 247 Å². The van der Waals surface area contributed by atoms with Crippen LogP contribution in [0.25, 0.3) is 172 Å². The Kier molecular flexibility index (Phi) is 60.1. The molecule has 0 aliphatic heterocycles. The van der Waals surface area contributed by atoms with Crippen LogP contribution in [0.5, 0.6) is 0 Å². The molecule has 0 radical (unpaired) electrons. The summed E-state index contributed by atoms with van der Waals surface area (Å²) in [7, 11) is 0. The first-order valence-electron chi connectivity index (χ1n) is 53.0. The van der Waals surface area contributed by atoms with Gasteiger partial charge in [0.25, 0.3) is 0 Å². The van der Waals surface area contributed by atoms with Crippen molar-refractivity contribution in [1.82, 2.24) is 4.98 Å². The van der Waals surface area contributed by atoms with Crippen molar-refractivity contribution in [1.29, 1.82) is 0 Å². The molecule has 0 bridgehead atoms. The van der Waals surface area contributed by atoms with Crippen LogP contribution >= 0.6 is 0 Å². The third-order valence-electron chi connectivity index (χ3n) is 22.0. The summed E-state index contributed by atoms with van der Waals surface area (Å²) in [5, 5.41) is 43.4. The molecule has 0 aliphatic carbocycles. The minimum Gasteiger partial charge on any atom is -0.262 e. The van der Waals surface area contributed by atoms with Crippen molar-refractivity contribution in [3.8, 4) is 0 Å². The van der Waals surface area contributed by atoms with Gasteiger partial charge in [-0.25, -0.2) is 0 Å². The number of benzene rings is 22. The van der Waals surface area contributed by atoms with E-state index in [9.17, 15) is 0 Å². The van der Waals surface area contributed by atoms with Gasteiger partial charge in [-0.2, -0.15) is 0 Å². The third-order valence-corrected chi connectivity index (χ3v) is 22.0. The summed E-state index contributed by atoms with van der Waals surface area (Å²) in [6.45, 7) is 75.0. The molecule has 1 heteroatoms. The fourth-order valence-corrected chi connectivity index (χ4v) is 16.9. The summed E-state index contributed by atoms with van der Waals surface area (Å²) in [5.74, 6) is 0. The van der Waals surface area contributed by atoms with Gasteiger partial charge in [0, 0.05) is 11.9 Å². The normalized spacial score (nSPS) is 9.47. The van der Waals surface area contributed by atoms with Crippen LogP contribution in [-0.2, 0) is 0 Å². The number of pyridine rings is 1. The molecule has 22 aromatic carbocycles. The maximum Gasteiger partial charge on any atom is 0.0372 e. The molecule has 0 N–H and O–H groups in total. The van der Waals surface area contributed by atoms with E-state index < -0.39 is 0 Å². The largest absolute Gasteiger partial charge is 0.262 e. The summed E-state index contributed by atoms with van der Waals surface area (Å²) in [4.78, 5) is 3.98. The molecule has 0 amide bonds. The summed E-state index contributed by atoms with van der Waals surface area (Å²) in [5.41, 5.74) is 9.12. The molecule has 0 atom stereocenters. The highest BCUT2D eigenvalue weighted by Crippen LogP contribution is 2.41. The summed E-state index contributed by atoms with van der Waals surface area (Å²) < 4.78 is 0. The van der Waals surface area contributed by atoms with Crippen LogP contribution in [0.2, 0.25) is 0 Å². The zero-order valence-electron chi connectivity index (χ0n) is 92.7.